The predicted octanol–water partition coefficient (Wildman–Crippen LogP) is 1.75. The number of hydrogen-bond acceptors (Lipinski definition) is 4. The first kappa shape index (κ1) is 13.5. The molecule has 0 aliphatic heterocycles. The summed E-state index contributed by atoms with van der Waals surface area (Å²) in [4.78, 5) is 4.25. The van der Waals surface area contributed by atoms with E-state index in [-0.39, 0.29) is 12.2 Å². The Hall–Kier alpha value is -0.940. The average Bonchev–Trinajstić information content (AvgIpc) is 2.75. The molecule has 5 heteroatoms. The fourth-order valence-electron chi connectivity index (χ4n) is 2.30. The number of hydrogen-bond donors (Lipinski definition) is 1. The smallest absolute Gasteiger partial charge is 0.152 e. The van der Waals surface area contributed by atoms with Gasteiger partial charge in [0.1, 0.15) is 12.9 Å². The van der Waals surface area contributed by atoms with Crippen LogP contribution in [0.3, 0.4) is 0 Å². The molecule has 1 fully saturated rings. The predicted molar refractivity (Wildman–Crippen MR) is 67.9 cm³/mol. The Morgan fingerprint density at radius 1 is 1.39 bits per heavy atom. The van der Waals surface area contributed by atoms with Gasteiger partial charge in [-0.05, 0) is 31.6 Å². The summed E-state index contributed by atoms with van der Waals surface area (Å²) >= 11 is 0. The quantitative estimate of drug-likeness (QED) is 0.868. The topological polar surface area (TPSA) is 60.2 Å². The van der Waals surface area contributed by atoms with E-state index in [9.17, 15) is 5.11 Å². The van der Waals surface area contributed by atoms with Crippen LogP contribution in [0.2, 0.25) is 0 Å². The molecule has 1 heterocycles. The highest BCUT2D eigenvalue weighted by Gasteiger charge is 2.20. The lowest BCUT2D eigenvalue weighted by molar-refractivity contribution is -0.0155. The Kier molecular flexibility index (Phi) is 4.72. The molecule has 0 amide bonds. The molecule has 0 saturated heterocycles. The molecule has 1 N–H and O–H groups in total. The van der Waals surface area contributed by atoms with E-state index in [2.05, 4.69) is 23.9 Å². The van der Waals surface area contributed by atoms with Crippen molar-refractivity contribution in [3.05, 3.63) is 12.2 Å². The molecule has 1 aromatic heterocycles. The monoisotopic (exact) mass is 253 g/mol. The molecule has 0 radical (unpaired) electrons. The van der Waals surface area contributed by atoms with Crippen molar-refractivity contribution in [2.45, 2.75) is 64.9 Å². The summed E-state index contributed by atoms with van der Waals surface area (Å²) in [6.07, 6.45) is 5.31. The van der Waals surface area contributed by atoms with Gasteiger partial charge in [-0.25, -0.2) is 9.67 Å². The number of aliphatic hydroxyl groups excluding tert-OH is 1. The molecule has 18 heavy (non-hydrogen) atoms. The minimum atomic E-state index is -0.130. The van der Waals surface area contributed by atoms with Crippen LogP contribution in [0.5, 0.6) is 0 Å². The highest BCUT2D eigenvalue weighted by molar-refractivity contribution is 4.83. The summed E-state index contributed by atoms with van der Waals surface area (Å²) in [7, 11) is 0. The third kappa shape index (κ3) is 3.78. The largest absolute Gasteiger partial charge is 0.393 e. The highest BCUT2D eigenvalue weighted by Crippen LogP contribution is 2.21. The SMILES string of the molecule is CC(C)Cn1ncnc1COC1CCC(O)CC1. The first-order chi connectivity index (χ1) is 8.65. The van der Waals surface area contributed by atoms with Crippen molar-refractivity contribution in [2.24, 2.45) is 5.92 Å². The molecule has 0 bridgehead atoms. The fourth-order valence-corrected chi connectivity index (χ4v) is 2.30. The second-order valence-electron chi connectivity index (χ2n) is 5.49. The van der Waals surface area contributed by atoms with Crippen LogP contribution in [0.4, 0.5) is 0 Å². The minimum Gasteiger partial charge on any atom is -0.393 e. The van der Waals surface area contributed by atoms with E-state index < -0.39 is 0 Å². The van der Waals surface area contributed by atoms with Gasteiger partial charge in [0.15, 0.2) is 5.82 Å². The van der Waals surface area contributed by atoms with Gasteiger partial charge in [0.25, 0.3) is 0 Å². The van der Waals surface area contributed by atoms with Crippen LogP contribution in [0, 0.1) is 5.92 Å². The van der Waals surface area contributed by atoms with Crippen LogP contribution in [-0.2, 0) is 17.9 Å². The maximum Gasteiger partial charge on any atom is 0.152 e. The van der Waals surface area contributed by atoms with Gasteiger partial charge in [0.2, 0.25) is 0 Å². The zero-order valence-electron chi connectivity index (χ0n) is 11.2. The molecule has 5 nitrogen and oxygen atoms in total. The van der Waals surface area contributed by atoms with Gasteiger partial charge < -0.3 is 9.84 Å². The lowest BCUT2D eigenvalue weighted by Gasteiger charge is -2.25. The highest BCUT2D eigenvalue weighted by atomic mass is 16.5. The molecular weight excluding hydrogens is 230 g/mol. The summed E-state index contributed by atoms with van der Waals surface area (Å²) in [6, 6.07) is 0. The second-order valence-corrected chi connectivity index (χ2v) is 5.49. The normalized spacial score (nSPS) is 24.7. The molecule has 1 aliphatic rings. The number of nitrogens with zero attached hydrogens (tertiary/aromatic N) is 3. The fraction of sp³-hybridized carbons (Fsp3) is 0.846. The lowest BCUT2D eigenvalue weighted by atomic mass is 9.95. The van der Waals surface area contributed by atoms with Gasteiger partial charge >= 0.3 is 0 Å². The molecule has 1 aliphatic carbocycles. The third-order valence-electron chi connectivity index (χ3n) is 3.33. The van der Waals surface area contributed by atoms with Crippen LogP contribution < -0.4 is 0 Å². The van der Waals surface area contributed by atoms with Gasteiger partial charge in [-0.15, -0.1) is 0 Å². The van der Waals surface area contributed by atoms with Gasteiger partial charge in [-0.3, -0.25) is 0 Å². The van der Waals surface area contributed by atoms with Gasteiger partial charge in [0, 0.05) is 6.54 Å². The van der Waals surface area contributed by atoms with E-state index in [4.69, 9.17) is 4.74 Å². The number of ether oxygens (including phenoxy) is 1. The summed E-state index contributed by atoms with van der Waals surface area (Å²) in [6.45, 7) is 5.72. The zero-order chi connectivity index (χ0) is 13.0. The van der Waals surface area contributed by atoms with E-state index >= 15 is 0 Å². The average molecular weight is 253 g/mol. The van der Waals surface area contributed by atoms with Gasteiger partial charge in [-0.2, -0.15) is 5.10 Å². The number of aliphatic hydroxyl groups is 1. The van der Waals surface area contributed by atoms with Gasteiger partial charge in [0.05, 0.1) is 12.2 Å². The molecule has 0 spiro atoms. The molecule has 0 unspecified atom stereocenters. The molecule has 0 atom stereocenters. The van der Waals surface area contributed by atoms with Crippen LogP contribution in [0.1, 0.15) is 45.4 Å². The van der Waals surface area contributed by atoms with E-state index in [0.29, 0.717) is 12.5 Å². The Bertz CT molecular complexity index is 357. The molecule has 102 valence electrons. The number of rotatable bonds is 5. The van der Waals surface area contributed by atoms with Crippen molar-refractivity contribution in [1.82, 2.24) is 14.8 Å². The van der Waals surface area contributed by atoms with Crippen molar-refractivity contribution in [3.8, 4) is 0 Å². The van der Waals surface area contributed by atoms with Crippen molar-refractivity contribution >= 4 is 0 Å². The van der Waals surface area contributed by atoms with Crippen molar-refractivity contribution in [3.63, 3.8) is 0 Å². The molecular formula is C13H23N3O2. The van der Waals surface area contributed by atoms with E-state index in [0.717, 1.165) is 38.1 Å². The Balaban J connectivity index is 1.81. The van der Waals surface area contributed by atoms with E-state index in [1.54, 1.807) is 6.33 Å². The maximum absolute atomic E-state index is 9.44. The van der Waals surface area contributed by atoms with Crippen molar-refractivity contribution in [2.75, 3.05) is 0 Å². The van der Waals surface area contributed by atoms with Crippen molar-refractivity contribution < 1.29 is 9.84 Å². The Labute approximate surface area is 108 Å². The summed E-state index contributed by atoms with van der Waals surface area (Å²) in [5.74, 6) is 1.45. The van der Waals surface area contributed by atoms with Crippen LogP contribution in [0.25, 0.3) is 0 Å². The second kappa shape index (κ2) is 6.29. The first-order valence-corrected chi connectivity index (χ1v) is 6.81. The molecule has 1 aromatic rings. The van der Waals surface area contributed by atoms with Crippen molar-refractivity contribution in [1.29, 1.82) is 0 Å². The summed E-state index contributed by atoms with van der Waals surface area (Å²) < 4.78 is 7.78. The standard InChI is InChI=1S/C13H23N3O2/c1-10(2)7-16-13(14-9-15-16)8-18-12-5-3-11(17)4-6-12/h9-12,17H,3-8H2,1-2H3. The Morgan fingerprint density at radius 2 is 2.11 bits per heavy atom. The maximum atomic E-state index is 9.44. The molecule has 2 rings (SSSR count). The van der Waals surface area contributed by atoms with Crippen LogP contribution in [-0.4, -0.2) is 32.1 Å². The summed E-state index contributed by atoms with van der Waals surface area (Å²) in [5.41, 5.74) is 0. The Morgan fingerprint density at radius 3 is 2.78 bits per heavy atom. The third-order valence-corrected chi connectivity index (χ3v) is 3.33. The van der Waals surface area contributed by atoms with Crippen LogP contribution >= 0.6 is 0 Å². The van der Waals surface area contributed by atoms with E-state index in [1.807, 2.05) is 4.68 Å². The van der Waals surface area contributed by atoms with Gasteiger partial charge in [-0.1, -0.05) is 13.8 Å². The van der Waals surface area contributed by atoms with Crippen LogP contribution in [0.15, 0.2) is 6.33 Å². The summed E-state index contributed by atoms with van der Waals surface area (Å²) in [5, 5.41) is 13.7. The zero-order valence-corrected chi connectivity index (χ0v) is 11.2. The lowest BCUT2D eigenvalue weighted by Crippen LogP contribution is -2.25. The molecule has 0 aromatic carbocycles. The first-order valence-electron chi connectivity index (χ1n) is 6.81. The van der Waals surface area contributed by atoms with E-state index in [1.165, 1.54) is 0 Å². The number of aromatic nitrogens is 3. The minimum absolute atomic E-state index is 0.130. The molecule has 1 saturated carbocycles.